The average molecular weight is 358 g/mol. The zero-order valence-electron chi connectivity index (χ0n) is 12.7. The third-order valence-electron chi connectivity index (χ3n) is 2.70. The van der Waals surface area contributed by atoms with Crippen molar-refractivity contribution in [3.8, 4) is 0 Å². The number of rotatable bonds is 9. The fourth-order valence-corrected chi connectivity index (χ4v) is 2.74. The van der Waals surface area contributed by atoms with Gasteiger partial charge in [-0.1, -0.05) is 0 Å². The Morgan fingerprint density at radius 3 is 2.30 bits per heavy atom. The van der Waals surface area contributed by atoms with Crippen LogP contribution < -0.4 is 10.6 Å². The Bertz CT molecular complexity index is 544. The van der Waals surface area contributed by atoms with Crippen LogP contribution in [0.3, 0.4) is 0 Å². The number of carbonyl (C=O) groups excluding carboxylic acids is 2. The van der Waals surface area contributed by atoms with Crippen molar-refractivity contribution in [3.63, 3.8) is 0 Å². The van der Waals surface area contributed by atoms with Gasteiger partial charge < -0.3 is 15.7 Å². The van der Waals surface area contributed by atoms with Gasteiger partial charge in [0, 0.05) is 23.9 Å². The van der Waals surface area contributed by atoms with E-state index in [1.54, 1.807) is 12.5 Å². The van der Waals surface area contributed by atoms with Crippen LogP contribution >= 0.6 is 23.5 Å². The van der Waals surface area contributed by atoms with Gasteiger partial charge in [-0.25, -0.2) is 9.78 Å². The van der Waals surface area contributed by atoms with Gasteiger partial charge in [0.25, 0.3) is 5.91 Å². The first kappa shape index (κ1) is 19.2. The van der Waals surface area contributed by atoms with Crippen LogP contribution in [0.25, 0.3) is 0 Å². The molecule has 0 aromatic carbocycles. The Hall–Kier alpha value is -1.81. The first-order valence-corrected chi connectivity index (χ1v) is 9.36. The second kappa shape index (κ2) is 10.1. The SMILES string of the molecule is CSC[C@@H](NC(=O)[C@@H](CSC)NC(=O)c1cnccn1)C(=O)O. The Morgan fingerprint density at radius 1 is 1.13 bits per heavy atom. The van der Waals surface area contributed by atoms with E-state index in [1.165, 1.54) is 42.1 Å². The number of aliphatic carboxylic acids is 1. The number of hydrogen-bond acceptors (Lipinski definition) is 7. The maximum Gasteiger partial charge on any atom is 0.327 e. The number of thioether (sulfide) groups is 2. The van der Waals surface area contributed by atoms with Gasteiger partial charge in [-0.3, -0.25) is 14.6 Å². The molecular formula is C13H18N4O4S2. The molecule has 0 bridgehead atoms. The monoisotopic (exact) mass is 358 g/mol. The van der Waals surface area contributed by atoms with Gasteiger partial charge in [0.1, 0.15) is 17.8 Å². The number of carboxylic acids is 1. The molecule has 1 aromatic rings. The van der Waals surface area contributed by atoms with E-state index in [1.807, 2.05) is 0 Å². The molecule has 0 spiro atoms. The van der Waals surface area contributed by atoms with E-state index in [2.05, 4.69) is 20.6 Å². The molecule has 126 valence electrons. The van der Waals surface area contributed by atoms with Crippen molar-refractivity contribution in [2.75, 3.05) is 24.0 Å². The van der Waals surface area contributed by atoms with Crippen LogP contribution in [-0.4, -0.2) is 69.0 Å². The third kappa shape index (κ3) is 6.45. The van der Waals surface area contributed by atoms with Gasteiger partial charge in [-0.05, 0) is 12.5 Å². The first-order valence-electron chi connectivity index (χ1n) is 6.57. The molecule has 8 nitrogen and oxygen atoms in total. The van der Waals surface area contributed by atoms with E-state index >= 15 is 0 Å². The summed E-state index contributed by atoms with van der Waals surface area (Å²) < 4.78 is 0. The molecule has 0 aliphatic rings. The maximum atomic E-state index is 12.2. The van der Waals surface area contributed by atoms with Crippen molar-refractivity contribution in [1.29, 1.82) is 0 Å². The molecule has 0 unspecified atom stereocenters. The lowest BCUT2D eigenvalue weighted by Gasteiger charge is -2.20. The number of nitrogens with zero attached hydrogens (tertiary/aromatic N) is 2. The first-order chi connectivity index (χ1) is 11.0. The summed E-state index contributed by atoms with van der Waals surface area (Å²) in [5.74, 6) is -1.65. The van der Waals surface area contributed by atoms with Crippen LogP contribution in [0.4, 0.5) is 0 Å². The van der Waals surface area contributed by atoms with Crippen LogP contribution in [0, 0.1) is 0 Å². The molecule has 0 fully saturated rings. The van der Waals surface area contributed by atoms with Crippen LogP contribution in [0.1, 0.15) is 10.5 Å². The second-order valence-corrected chi connectivity index (χ2v) is 6.25. The van der Waals surface area contributed by atoms with Gasteiger partial charge >= 0.3 is 5.97 Å². The van der Waals surface area contributed by atoms with Crippen molar-refractivity contribution < 1.29 is 19.5 Å². The molecule has 3 N–H and O–H groups in total. The Balaban J connectivity index is 2.74. The summed E-state index contributed by atoms with van der Waals surface area (Å²) >= 11 is 2.67. The highest BCUT2D eigenvalue weighted by Gasteiger charge is 2.26. The number of hydrogen-bond donors (Lipinski definition) is 3. The van der Waals surface area contributed by atoms with Gasteiger partial charge in [0.15, 0.2) is 0 Å². The van der Waals surface area contributed by atoms with E-state index in [4.69, 9.17) is 5.11 Å². The molecule has 0 saturated carbocycles. The minimum absolute atomic E-state index is 0.0882. The molecule has 23 heavy (non-hydrogen) atoms. The topological polar surface area (TPSA) is 121 Å². The zero-order valence-corrected chi connectivity index (χ0v) is 14.3. The predicted molar refractivity (Wildman–Crippen MR) is 89.6 cm³/mol. The molecule has 10 heteroatoms. The summed E-state index contributed by atoms with van der Waals surface area (Å²) in [7, 11) is 0. The largest absolute Gasteiger partial charge is 0.480 e. The van der Waals surface area contributed by atoms with E-state index in [-0.39, 0.29) is 11.4 Å². The molecule has 1 heterocycles. The van der Waals surface area contributed by atoms with E-state index in [0.29, 0.717) is 5.75 Å². The Labute approximate surface area is 142 Å². The zero-order chi connectivity index (χ0) is 17.2. The normalized spacial score (nSPS) is 13.0. The van der Waals surface area contributed by atoms with Crippen LogP contribution in [-0.2, 0) is 9.59 Å². The fourth-order valence-electron chi connectivity index (χ4n) is 1.61. The van der Waals surface area contributed by atoms with E-state index in [9.17, 15) is 14.4 Å². The van der Waals surface area contributed by atoms with Gasteiger partial charge in [-0.2, -0.15) is 23.5 Å². The quantitative estimate of drug-likeness (QED) is 0.558. The number of carboxylic acid groups (broad SMARTS) is 1. The second-order valence-electron chi connectivity index (χ2n) is 4.43. The molecule has 1 aromatic heterocycles. The molecular weight excluding hydrogens is 340 g/mol. The minimum atomic E-state index is -1.11. The summed E-state index contributed by atoms with van der Waals surface area (Å²) in [5.41, 5.74) is 0.0882. The molecule has 1 rings (SSSR count). The van der Waals surface area contributed by atoms with Gasteiger partial charge in [0.05, 0.1) is 6.20 Å². The molecule has 2 atom stereocenters. The summed E-state index contributed by atoms with van der Waals surface area (Å²) in [4.78, 5) is 43.1. The molecule has 0 aliphatic carbocycles. The van der Waals surface area contributed by atoms with Crippen LogP contribution in [0.5, 0.6) is 0 Å². The number of carbonyl (C=O) groups is 3. The highest BCUT2D eigenvalue weighted by atomic mass is 32.2. The summed E-state index contributed by atoms with van der Waals surface area (Å²) in [6.07, 6.45) is 7.63. The van der Waals surface area contributed by atoms with Crippen molar-refractivity contribution in [2.45, 2.75) is 12.1 Å². The highest BCUT2D eigenvalue weighted by Crippen LogP contribution is 2.03. The fraction of sp³-hybridized carbons (Fsp3) is 0.462. The standard InChI is InChI=1S/C13H18N4O4S2/c1-22-6-9(12(19)17-10(7-23-2)13(20)21)16-11(18)8-5-14-3-4-15-8/h3-5,9-10H,6-7H2,1-2H3,(H,16,18)(H,17,19)(H,20,21)/t9-,10-/m1/s1. The van der Waals surface area contributed by atoms with Gasteiger partial charge in [0.2, 0.25) is 5.91 Å². The summed E-state index contributed by atoms with van der Waals surface area (Å²) in [6, 6.07) is -1.86. The Morgan fingerprint density at radius 2 is 1.78 bits per heavy atom. The molecule has 0 saturated heterocycles. The van der Waals surface area contributed by atoms with E-state index < -0.39 is 29.9 Å². The smallest absolute Gasteiger partial charge is 0.327 e. The Kier molecular flexibility index (Phi) is 8.41. The lowest BCUT2D eigenvalue weighted by Crippen LogP contribution is -2.53. The van der Waals surface area contributed by atoms with Gasteiger partial charge in [-0.15, -0.1) is 0 Å². The summed E-state index contributed by atoms with van der Waals surface area (Å²) in [6.45, 7) is 0. The highest BCUT2D eigenvalue weighted by molar-refractivity contribution is 7.98. The summed E-state index contributed by atoms with van der Waals surface area (Å²) in [5, 5.41) is 14.1. The predicted octanol–water partition coefficient (Wildman–Crippen LogP) is -0.130. The van der Waals surface area contributed by atoms with Crippen molar-refractivity contribution >= 4 is 41.3 Å². The number of nitrogens with one attached hydrogen (secondary N) is 2. The average Bonchev–Trinajstić information content (AvgIpc) is 2.54. The minimum Gasteiger partial charge on any atom is -0.480 e. The van der Waals surface area contributed by atoms with Crippen molar-refractivity contribution in [3.05, 3.63) is 24.3 Å². The molecule has 0 radical (unpaired) electrons. The van der Waals surface area contributed by atoms with E-state index in [0.717, 1.165) is 0 Å². The molecule has 2 amide bonds. The molecule has 0 aliphatic heterocycles. The maximum absolute atomic E-state index is 12.2. The van der Waals surface area contributed by atoms with Crippen LogP contribution in [0.2, 0.25) is 0 Å². The number of amides is 2. The number of aromatic nitrogens is 2. The lowest BCUT2D eigenvalue weighted by atomic mass is 10.2. The van der Waals surface area contributed by atoms with Crippen LogP contribution in [0.15, 0.2) is 18.6 Å². The third-order valence-corrected chi connectivity index (χ3v) is 4.03. The van der Waals surface area contributed by atoms with Crippen molar-refractivity contribution in [2.24, 2.45) is 0 Å². The van der Waals surface area contributed by atoms with Crippen molar-refractivity contribution in [1.82, 2.24) is 20.6 Å². The lowest BCUT2D eigenvalue weighted by molar-refractivity contribution is -0.141.